The van der Waals surface area contributed by atoms with E-state index in [2.05, 4.69) is 24.3 Å². The van der Waals surface area contributed by atoms with Crippen molar-refractivity contribution in [3.63, 3.8) is 0 Å². The van der Waals surface area contributed by atoms with E-state index in [0.29, 0.717) is 18.4 Å². The van der Waals surface area contributed by atoms with Crippen LogP contribution in [0.5, 0.6) is 5.75 Å². The van der Waals surface area contributed by atoms with Crippen LogP contribution in [0.2, 0.25) is 0 Å². The zero-order valence-corrected chi connectivity index (χ0v) is 14.9. The van der Waals surface area contributed by atoms with Crippen LogP contribution in [0.4, 0.5) is 0 Å². The zero-order chi connectivity index (χ0) is 17.4. The first-order chi connectivity index (χ1) is 12.1. The van der Waals surface area contributed by atoms with Crippen LogP contribution in [-0.4, -0.2) is 22.3 Å². The number of carbonyl (C=O) groups excluding carboxylic acids is 1. The summed E-state index contributed by atoms with van der Waals surface area (Å²) < 4.78 is 7.73. The molecular weight excluding hydrogens is 314 g/mol. The van der Waals surface area contributed by atoms with Crippen molar-refractivity contribution in [1.29, 1.82) is 0 Å². The number of rotatable bonds is 5. The van der Waals surface area contributed by atoms with Crippen LogP contribution in [0.15, 0.2) is 30.5 Å². The number of benzene rings is 1. The van der Waals surface area contributed by atoms with Crippen LogP contribution >= 0.6 is 0 Å². The van der Waals surface area contributed by atoms with Gasteiger partial charge in [-0.2, -0.15) is 5.10 Å². The fourth-order valence-electron chi connectivity index (χ4n) is 3.58. The Hall–Kier alpha value is -2.30. The molecule has 0 spiro atoms. The molecule has 132 valence electrons. The maximum Gasteiger partial charge on any atom is 0.255 e. The van der Waals surface area contributed by atoms with E-state index in [-0.39, 0.29) is 11.9 Å². The fourth-order valence-corrected chi connectivity index (χ4v) is 3.58. The summed E-state index contributed by atoms with van der Waals surface area (Å²) in [5, 5.41) is 7.72. The Morgan fingerprint density at radius 1 is 1.32 bits per heavy atom. The van der Waals surface area contributed by atoms with Gasteiger partial charge in [0.05, 0.1) is 30.1 Å². The van der Waals surface area contributed by atoms with Crippen molar-refractivity contribution in [3.05, 3.63) is 47.3 Å². The maximum atomic E-state index is 13.0. The molecule has 1 aromatic carbocycles. The Balaban J connectivity index is 1.57. The summed E-state index contributed by atoms with van der Waals surface area (Å²) in [5.41, 5.74) is 2.92. The minimum Gasteiger partial charge on any atom is -0.493 e. The quantitative estimate of drug-likeness (QED) is 0.904. The van der Waals surface area contributed by atoms with E-state index in [1.54, 1.807) is 6.20 Å². The van der Waals surface area contributed by atoms with Crippen molar-refractivity contribution < 1.29 is 9.53 Å². The van der Waals surface area contributed by atoms with Gasteiger partial charge in [-0.05, 0) is 24.8 Å². The van der Waals surface area contributed by atoms with Gasteiger partial charge in [0.25, 0.3) is 5.91 Å². The van der Waals surface area contributed by atoms with Gasteiger partial charge in [-0.1, -0.05) is 32.0 Å². The molecule has 2 aromatic rings. The summed E-state index contributed by atoms with van der Waals surface area (Å²) >= 11 is 0. The molecule has 1 N–H and O–H groups in total. The van der Waals surface area contributed by atoms with E-state index in [1.165, 1.54) is 0 Å². The molecule has 2 heterocycles. The van der Waals surface area contributed by atoms with Crippen LogP contribution in [0.3, 0.4) is 0 Å². The lowest BCUT2D eigenvalue weighted by molar-refractivity contribution is 0.0923. The molecule has 1 aliphatic heterocycles. The lowest BCUT2D eigenvalue weighted by atomic mass is 10.00. The van der Waals surface area contributed by atoms with E-state index in [4.69, 9.17) is 4.74 Å². The van der Waals surface area contributed by atoms with Crippen LogP contribution < -0.4 is 10.1 Å². The normalized spacial score (nSPS) is 19.4. The van der Waals surface area contributed by atoms with Crippen molar-refractivity contribution in [2.75, 3.05) is 6.61 Å². The van der Waals surface area contributed by atoms with Crippen LogP contribution in [0, 0.1) is 5.92 Å². The molecular formula is C20H25N3O2. The Bertz CT molecular complexity index is 777. The van der Waals surface area contributed by atoms with Crippen LogP contribution in [-0.2, 0) is 6.54 Å². The highest BCUT2D eigenvalue weighted by atomic mass is 16.5. The number of amides is 1. The minimum absolute atomic E-state index is 0.00190. The molecule has 4 rings (SSSR count). The molecule has 5 nitrogen and oxygen atoms in total. The molecule has 2 aliphatic rings. The van der Waals surface area contributed by atoms with Crippen molar-refractivity contribution >= 4 is 5.91 Å². The number of aromatic nitrogens is 2. The number of nitrogens with one attached hydrogen (secondary N) is 1. The van der Waals surface area contributed by atoms with Gasteiger partial charge in [-0.3, -0.25) is 9.48 Å². The van der Waals surface area contributed by atoms with Gasteiger partial charge in [-0.15, -0.1) is 0 Å². The molecule has 1 aliphatic carbocycles. The second-order valence-electron chi connectivity index (χ2n) is 7.49. The molecule has 1 fully saturated rings. The number of hydrogen-bond acceptors (Lipinski definition) is 3. The number of fused-ring (bicyclic) bond motifs is 1. The van der Waals surface area contributed by atoms with Crippen LogP contribution in [0.1, 0.15) is 66.7 Å². The third-order valence-corrected chi connectivity index (χ3v) is 4.89. The summed E-state index contributed by atoms with van der Waals surface area (Å²) in [6, 6.07) is 7.94. The minimum atomic E-state index is -0.0152. The van der Waals surface area contributed by atoms with E-state index in [1.807, 2.05) is 28.9 Å². The molecule has 1 aromatic heterocycles. The summed E-state index contributed by atoms with van der Waals surface area (Å²) in [6.07, 6.45) is 4.85. The molecule has 0 bridgehead atoms. The molecule has 0 unspecified atom stereocenters. The van der Waals surface area contributed by atoms with Gasteiger partial charge in [0.2, 0.25) is 0 Å². The van der Waals surface area contributed by atoms with E-state index in [0.717, 1.165) is 48.4 Å². The standard InChI is InChI=1S/C20H25N3O2/c1-13(2)12-23-19(14-7-8-14)16(11-21-23)20(24)22-17-9-10-25-18-6-4-3-5-15(17)18/h3-6,11,13-14,17H,7-10,12H2,1-2H3,(H,22,24)/t17-/m1/s1. The van der Waals surface area contributed by atoms with Gasteiger partial charge < -0.3 is 10.1 Å². The number of ether oxygens (including phenoxy) is 1. The first-order valence-electron chi connectivity index (χ1n) is 9.21. The average Bonchev–Trinajstić information content (AvgIpc) is 3.35. The average molecular weight is 339 g/mol. The predicted octanol–water partition coefficient (Wildman–Crippen LogP) is 3.67. The summed E-state index contributed by atoms with van der Waals surface area (Å²) in [7, 11) is 0. The van der Waals surface area contributed by atoms with Gasteiger partial charge in [-0.25, -0.2) is 0 Å². The van der Waals surface area contributed by atoms with Crippen molar-refractivity contribution in [3.8, 4) is 5.75 Å². The Morgan fingerprint density at radius 3 is 2.88 bits per heavy atom. The van der Waals surface area contributed by atoms with Gasteiger partial charge in [0, 0.05) is 24.4 Å². The van der Waals surface area contributed by atoms with Crippen molar-refractivity contribution in [2.24, 2.45) is 5.92 Å². The maximum absolute atomic E-state index is 13.0. The molecule has 5 heteroatoms. The smallest absolute Gasteiger partial charge is 0.255 e. The predicted molar refractivity (Wildman–Crippen MR) is 95.8 cm³/mol. The van der Waals surface area contributed by atoms with E-state index in [9.17, 15) is 4.79 Å². The lowest BCUT2D eigenvalue weighted by Gasteiger charge is -2.26. The lowest BCUT2D eigenvalue weighted by Crippen LogP contribution is -2.32. The third kappa shape index (κ3) is 3.28. The topological polar surface area (TPSA) is 56.2 Å². The third-order valence-electron chi connectivity index (χ3n) is 4.89. The largest absolute Gasteiger partial charge is 0.493 e. The van der Waals surface area contributed by atoms with Crippen LogP contribution in [0.25, 0.3) is 0 Å². The first-order valence-corrected chi connectivity index (χ1v) is 9.21. The highest BCUT2D eigenvalue weighted by Crippen LogP contribution is 2.42. The Kier molecular flexibility index (Phi) is 4.24. The van der Waals surface area contributed by atoms with E-state index >= 15 is 0 Å². The number of hydrogen-bond donors (Lipinski definition) is 1. The van der Waals surface area contributed by atoms with Crippen molar-refractivity contribution in [2.45, 2.75) is 51.6 Å². The molecule has 0 radical (unpaired) electrons. The molecule has 1 atom stereocenters. The summed E-state index contributed by atoms with van der Waals surface area (Å²) in [6.45, 7) is 5.84. The Morgan fingerprint density at radius 2 is 2.12 bits per heavy atom. The SMILES string of the molecule is CC(C)Cn1ncc(C(=O)N[C@@H]2CCOc3ccccc32)c1C1CC1. The fraction of sp³-hybridized carbons (Fsp3) is 0.500. The molecule has 1 saturated carbocycles. The number of carbonyl (C=O) groups is 1. The number of nitrogens with zero attached hydrogens (tertiary/aromatic N) is 2. The van der Waals surface area contributed by atoms with Gasteiger partial charge in [0.1, 0.15) is 5.75 Å². The second kappa shape index (κ2) is 6.54. The first kappa shape index (κ1) is 16.2. The van der Waals surface area contributed by atoms with E-state index < -0.39 is 0 Å². The monoisotopic (exact) mass is 339 g/mol. The highest BCUT2D eigenvalue weighted by molar-refractivity contribution is 5.95. The highest BCUT2D eigenvalue weighted by Gasteiger charge is 2.33. The van der Waals surface area contributed by atoms with Crippen molar-refractivity contribution in [1.82, 2.24) is 15.1 Å². The molecule has 25 heavy (non-hydrogen) atoms. The summed E-state index contributed by atoms with van der Waals surface area (Å²) in [5.74, 6) is 1.86. The molecule has 0 saturated heterocycles. The van der Waals surface area contributed by atoms with Gasteiger partial charge in [0.15, 0.2) is 0 Å². The molecule has 1 amide bonds. The second-order valence-corrected chi connectivity index (χ2v) is 7.49. The van der Waals surface area contributed by atoms with Gasteiger partial charge >= 0.3 is 0 Å². The zero-order valence-electron chi connectivity index (χ0n) is 14.9. The number of para-hydroxylation sites is 1. The summed E-state index contributed by atoms with van der Waals surface area (Å²) in [4.78, 5) is 13.0. The Labute approximate surface area is 148 Å².